The number of methoxy groups -OCH3 is 1. The number of ether oxygens (including phenoxy) is 3. The molecule has 1 aliphatic heterocycles. The Morgan fingerprint density at radius 3 is 2.50 bits per heavy atom. The Bertz CT molecular complexity index is 1060. The standard InChI is InChI=1S/C25H25NO4/c1-26(2)24-29-19-13-12-18-20(22(19)30-24)21-16-10-5-4-8-14(16)15-9-6-7-11-17(15)25(18,21)23(27)28-3/h4-13,18-22,24H,1-3H3/t18-,19?,20+,21-,22?,24?,25-/m0/s1. The zero-order valence-electron chi connectivity index (χ0n) is 17.3. The van der Waals surface area contributed by atoms with Crippen LogP contribution >= 0.6 is 0 Å². The Morgan fingerprint density at radius 1 is 1.00 bits per heavy atom. The monoisotopic (exact) mass is 403 g/mol. The van der Waals surface area contributed by atoms with Gasteiger partial charge in [-0.2, -0.15) is 0 Å². The number of carbonyl (C=O) groups excluding carboxylic acids is 1. The van der Waals surface area contributed by atoms with Crippen molar-refractivity contribution >= 4 is 5.97 Å². The van der Waals surface area contributed by atoms with Gasteiger partial charge in [0.1, 0.15) is 11.5 Å². The number of allylic oxidation sites excluding steroid dienone is 1. The minimum Gasteiger partial charge on any atom is -0.468 e. The van der Waals surface area contributed by atoms with E-state index in [4.69, 9.17) is 14.2 Å². The second-order valence-electron chi connectivity index (χ2n) is 8.93. The van der Waals surface area contributed by atoms with E-state index in [0.29, 0.717) is 0 Å². The van der Waals surface area contributed by atoms with Crippen LogP contribution in [0.3, 0.4) is 0 Å². The maximum Gasteiger partial charge on any atom is 0.317 e. The number of rotatable bonds is 2. The van der Waals surface area contributed by atoms with Crippen molar-refractivity contribution in [1.29, 1.82) is 0 Å². The summed E-state index contributed by atoms with van der Waals surface area (Å²) in [5, 5.41) is 0. The Labute approximate surface area is 176 Å². The number of carbonyl (C=O) groups is 1. The van der Waals surface area contributed by atoms with Gasteiger partial charge in [0.05, 0.1) is 13.2 Å². The molecule has 0 bridgehead atoms. The molecule has 1 heterocycles. The van der Waals surface area contributed by atoms with Crippen LogP contribution in [0.1, 0.15) is 17.0 Å². The molecule has 7 atom stereocenters. The number of hydrogen-bond donors (Lipinski definition) is 0. The van der Waals surface area contributed by atoms with E-state index in [0.717, 1.165) is 11.1 Å². The third kappa shape index (κ3) is 2.05. The first-order valence-corrected chi connectivity index (χ1v) is 10.5. The second kappa shape index (κ2) is 6.27. The van der Waals surface area contributed by atoms with Crippen molar-refractivity contribution in [1.82, 2.24) is 4.90 Å². The average Bonchev–Trinajstić information content (AvgIpc) is 3.19. The SMILES string of the molecule is COC(=O)[C@]12c3ccccc3-c3ccccc3[C@H]1[C@@H]1C3OC(N(C)C)OC3C=C[C@@H]12. The average molecular weight is 403 g/mol. The van der Waals surface area contributed by atoms with Crippen LogP contribution in [0.15, 0.2) is 60.7 Å². The quantitative estimate of drug-likeness (QED) is 0.569. The summed E-state index contributed by atoms with van der Waals surface area (Å²) in [7, 11) is 5.40. The van der Waals surface area contributed by atoms with E-state index in [1.54, 1.807) is 0 Å². The number of fused-ring (bicyclic) bond motifs is 11. The van der Waals surface area contributed by atoms with Gasteiger partial charge in [-0.25, -0.2) is 0 Å². The highest BCUT2D eigenvalue weighted by Crippen LogP contribution is 2.70. The Hall–Kier alpha value is -2.47. The predicted molar refractivity (Wildman–Crippen MR) is 112 cm³/mol. The van der Waals surface area contributed by atoms with Crippen LogP contribution in [0.2, 0.25) is 0 Å². The normalized spacial score (nSPS) is 37.3. The molecule has 2 fully saturated rings. The first-order chi connectivity index (χ1) is 14.6. The first-order valence-electron chi connectivity index (χ1n) is 10.5. The van der Waals surface area contributed by atoms with E-state index in [1.807, 2.05) is 31.1 Å². The molecule has 5 heteroatoms. The Balaban J connectivity index is 1.57. The fourth-order valence-corrected chi connectivity index (χ4v) is 6.40. The Morgan fingerprint density at radius 2 is 1.73 bits per heavy atom. The zero-order chi connectivity index (χ0) is 20.6. The molecule has 0 spiro atoms. The summed E-state index contributed by atoms with van der Waals surface area (Å²) in [4.78, 5) is 15.4. The maximum atomic E-state index is 13.5. The maximum absolute atomic E-state index is 13.5. The third-order valence-electron chi connectivity index (χ3n) is 7.48. The fraction of sp³-hybridized carbons (Fsp3) is 0.400. The number of benzene rings is 2. The van der Waals surface area contributed by atoms with Crippen molar-refractivity contribution in [2.45, 2.75) is 30.0 Å². The van der Waals surface area contributed by atoms with Crippen LogP contribution in [0, 0.1) is 11.8 Å². The molecule has 6 rings (SSSR count). The summed E-state index contributed by atoms with van der Waals surface area (Å²) in [5.74, 6) is -0.0151. The van der Waals surface area contributed by atoms with E-state index >= 15 is 0 Å². The van der Waals surface area contributed by atoms with Crippen molar-refractivity contribution in [3.05, 3.63) is 71.8 Å². The van der Waals surface area contributed by atoms with Gasteiger partial charge in [-0.3, -0.25) is 9.69 Å². The lowest BCUT2D eigenvalue weighted by Crippen LogP contribution is -2.68. The molecule has 2 aromatic carbocycles. The lowest BCUT2D eigenvalue weighted by Gasteiger charge is -2.64. The summed E-state index contributed by atoms with van der Waals surface area (Å²) in [5.41, 5.74) is 3.86. The van der Waals surface area contributed by atoms with Crippen LogP contribution in [-0.4, -0.2) is 50.7 Å². The van der Waals surface area contributed by atoms with Gasteiger partial charge in [0.15, 0.2) is 0 Å². The van der Waals surface area contributed by atoms with Crippen LogP contribution in [-0.2, 0) is 24.4 Å². The van der Waals surface area contributed by atoms with Gasteiger partial charge in [-0.1, -0.05) is 60.7 Å². The summed E-state index contributed by atoms with van der Waals surface area (Å²) >= 11 is 0. The molecule has 2 aromatic rings. The van der Waals surface area contributed by atoms with E-state index < -0.39 is 5.41 Å². The van der Waals surface area contributed by atoms with Crippen molar-refractivity contribution in [3.63, 3.8) is 0 Å². The molecule has 0 amide bonds. The van der Waals surface area contributed by atoms with E-state index in [1.165, 1.54) is 18.2 Å². The van der Waals surface area contributed by atoms with Gasteiger partial charge in [-0.05, 0) is 36.3 Å². The lowest BCUT2D eigenvalue weighted by molar-refractivity contribution is -0.178. The molecule has 3 aliphatic carbocycles. The van der Waals surface area contributed by atoms with Crippen molar-refractivity contribution in [2.75, 3.05) is 21.2 Å². The minimum atomic E-state index is -0.731. The predicted octanol–water partition coefficient (Wildman–Crippen LogP) is 3.31. The van der Waals surface area contributed by atoms with Crippen LogP contribution < -0.4 is 0 Å². The molecule has 1 saturated carbocycles. The molecular weight excluding hydrogens is 378 g/mol. The highest BCUT2D eigenvalue weighted by atomic mass is 16.8. The van der Waals surface area contributed by atoms with Gasteiger partial charge >= 0.3 is 5.97 Å². The molecule has 154 valence electrons. The second-order valence-corrected chi connectivity index (χ2v) is 8.93. The molecule has 3 unspecified atom stereocenters. The molecule has 30 heavy (non-hydrogen) atoms. The molecule has 0 N–H and O–H groups in total. The zero-order valence-corrected chi connectivity index (χ0v) is 17.3. The van der Waals surface area contributed by atoms with Crippen LogP contribution in [0.5, 0.6) is 0 Å². The topological polar surface area (TPSA) is 48.0 Å². The molecule has 1 saturated heterocycles. The number of esters is 1. The van der Waals surface area contributed by atoms with Crippen molar-refractivity contribution < 1.29 is 19.0 Å². The molecule has 5 nitrogen and oxygen atoms in total. The smallest absolute Gasteiger partial charge is 0.317 e. The molecule has 4 aliphatic rings. The van der Waals surface area contributed by atoms with Gasteiger partial charge in [0.2, 0.25) is 6.41 Å². The van der Waals surface area contributed by atoms with E-state index in [2.05, 4.69) is 48.6 Å². The highest BCUT2D eigenvalue weighted by Gasteiger charge is 2.73. The van der Waals surface area contributed by atoms with Gasteiger partial charge in [-0.15, -0.1) is 0 Å². The third-order valence-corrected chi connectivity index (χ3v) is 7.48. The largest absolute Gasteiger partial charge is 0.468 e. The van der Waals surface area contributed by atoms with E-state index in [-0.39, 0.29) is 42.3 Å². The lowest BCUT2D eigenvalue weighted by atomic mass is 9.38. The summed E-state index contributed by atoms with van der Waals surface area (Å²) < 4.78 is 18.0. The summed E-state index contributed by atoms with van der Waals surface area (Å²) in [6.45, 7) is 0. The fourth-order valence-electron chi connectivity index (χ4n) is 6.40. The van der Waals surface area contributed by atoms with E-state index in [9.17, 15) is 4.79 Å². The molecule has 0 aromatic heterocycles. The molecular formula is C25H25NO4. The summed E-state index contributed by atoms with van der Waals surface area (Å²) in [6.07, 6.45) is 3.69. The van der Waals surface area contributed by atoms with Gasteiger partial charge < -0.3 is 14.2 Å². The number of nitrogens with zero attached hydrogens (tertiary/aromatic N) is 1. The first kappa shape index (κ1) is 18.3. The number of hydrogen-bond acceptors (Lipinski definition) is 5. The van der Waals surface area contributed by atoms with Gasteiger partial charge in [0, 0.05) is 17.8 Å². The van der Waals surface area contributed by atoms with Crippen LogP contribution in [0.25, 0.3) is 11.1 Å². The highest BCUT2D eigenvalue weighted by molar-refractivity contribution is 5.94. The minimum absolute atomic E-state index is 0.00946. The van der Waals surface area contributed by atoms with Gasteiger partial charge in [0.25, 0.3) is 0 Å². The van der Waals surface area contributed by atoms with Crippen molar-refractivity contribution in [3.8, 4) is 11.1 Å². The molecule has 0 radical (unpaired) electrons. The van der Waals surface area contributed by atoms with Crippen molar-refractivity contribution in [2.24, 2.45) is 11.8 Å². The summed E-state index contributed by atoms with van der Waals surface area (Å²) in [6, 6.07) is 16.7. The van der Waals surface area contributed by atoms with Crippen LogP contribution in [0.4, 0.5) is 0 Å². The Kier molecular flexibility index (Phi) is 3.82.